The second-order valence-corrected chi connectivity index (χ2v) is 10.3. The van der Waals surface area contributed by atoms with E-state index in [1.54, 1.807) is 4.90 Å². The van der Waals surface area contributed by atoms with Crippen molar-refractivity contribution >= 4 is 11.7 Å². The molecule has 214 valence electrons. The molecule has 1 aliphatic heterocycles. The number of carbonyl (C=O) groups is 1. The third-order valence-corrected chi connectivity index (χ3v) is 7.31. The number of nitrogens with one attached hydrogen (secondary N) is 1. The summed E-state index contributed by atoms with van der Waals surface area (Å²) in [4.78, 5) is 21.7. The third-order valence-electron chi connectivity index (χ3n) is 7.31. The fourth-order valence-electron chi connectivity index (χ4n) is 5.19. The molecule has 41 heavy (non-hydrogen) atoms. The highest BCUT2D eigenvalue weighted by Gasteiger charge is 2.32. The third kappa shape index (κ3) is 7.52. The molecule has 3 aromatic carbocycles. The minimum atomic E-state index is -4.73. The van der Waals surface area contributed by atoms with Gasteiger partial charge in [-0.3, -0.25) is 4.90 Å². The second-order valence-electron chi connectivity index (χ2n) is 10.3. The van der Waals surface area contributed by atoms with Crippen molar-refractivity contribution in [1.82, 2.24) is 19.4 Å². The van der Waals surface area contributed by atoms with Gasteiger partial charge in [0.15, 0.2) is 0 Å². The number of benzene rings is 3. The SMILES string of the molecule is O=C(Nc1cc(F)cc(C(F)(F)F)c1)N(Cc1ccccc1)C1CCN(Cc2cncn2Cc2ccccc2)CC1. The predicted molar refractivity (Wildman–Crippen MR) is 148 cm³/mol. The summed E-state index contributed by atoms with van der Waals surface area (Å²) in [6.45, 7) is 3.19. The molecule has 2 heterocycles. The number of amides is 2. The molecule has 0 radical (unpaired) electrons. The Balaban J connectivity index is 1.26. The van der Waals surface area contributed by atoms with E-state index in [9.17, 15) is 22.4 Å². The molecule has 0 spiro atoms. The van der Waals surface area contributed by atoms with Crippen LogP contribution in [0.1, 0.15) is 35.2 Å². The molecular weight excluding hydrogens is 534 g/mol. The van der Waals surface area contributed by atoms with Crippen LogP contribution in [0.2, 0.25) is 0 Å². The van der Waals surface area contributed by atoms with Gasteiger partial charge in [-0.15, -0.1) is 0 Å². The van der Waals surface area contributed by atoms with Crippen molar-refractivity contribution in [3.63, 3.8) is 0 Å². The van der Waals surface area contributed by atoms with Crippen LogP contribution in [0.15, 0.2) is 91.4 Å². The van der Waals surface area contributed by atoms with E-state index in [0.717, 1.165) is 43.0 Å². The van der Waals surface area contributed by atoms with Gasteiger partial charge in [-0.05, 0) is 42.2 Å². The Hall–Kier alpha value is -4.18. The first kappa shape index (κ1) is 28.4. The van der Waals surface area contributed by atoms with Crippen LogP contribution in [0.4, 0.5) is 28.0 Å². The Bertz CT molecular complexity index is 1430. The molecule has 1 aliphatic rings. The smallest absolute Gasteiger partial charge is 0.329 e. The van der Waals surface area contributed by atoms with E-state index in [1.165, 1.54) is 5.56 Å². The molecule has 2 amide bonds. The number of carbonyl (C=O) groups excluding carboxylic acids is 1. The zero-order valence-corrected chi connectivity index (χ0v) is 22.4. The Labute approximate surface area is 236 Å². The van der Waals surface area contributed by atoms with Crippen molar-refractivity contribution in [3.05, 3.63) is 120 Å². The quantitative estimate of drug-likeness (QED) is 0.240. The fraction of sp³-hybridized carbons (Fsp3) is 0.290. The summed E-state index contributed by atoms with van der Waals surface area (Å²) >= 11 is 0. The molecule has 0 atom stereocenters. The van der Waals surface area contributed by atoms with Crippen LogP contribution in [-0.2, 0) is 25.8 Å². The normalized spacial score (nSPS) is 14.6. The Morgan fingerprint density at radius 3 is 2.24 bits per heavy atom. The van der Waals surface area contributed by atoms with Gasteiger partial charge in [-0.2, -0.15) is 13.2 Å². The minimum Gasteiger partial charge on any atom is -0.329 e. The van der Waals surface area contributed by atoms with Gasteiger partial charge in [0.25, 0.3) is 0 Å². The topological polar surface area (TPSA) is 53.4 Å². The van der Waals surface area contributed by atoms with E-state index in [2.05, 4.69) is 31.9 Å². The van der Waals surface area contributed by atoms with E-state index in [4.69, 9.17) is 0 Å². The molecular formula is C31H31F4N5O. The first-order valence-corrected chi connectivity index (χ1v) is 13.5. The average molecular weight is 566 g/mol. The number of nitrogens with zero attached hydrogens (tertiary/aromatic N) is 4. The lowest BCUT2D eigenvalue weighted by Gasteiger charge is -2.38. The average Bonchev–Trinajstić information content (AvgIpc) is 3.38. The van der Waals surface area contributed by atoms with Crippen molar-refractivity contribution in [3.8, 4) is 0 Å². The molecule has 6 nitrogen and oxygen atoms in total. The first-order valence-electron chi connectivity index (χ1n) is 13.5. The van der Waals surface area contributed by atoms with Gasteiger partial charge in [-0.1, -0.05) is 60.7 Å². The molecule has 1 N–H and O–H groups in total. The summed E-state index contributed by atoms with van der Waals surface area (Å²) in [5.41, 5.74) is 1.79. The summed E-state index contributed by atoms with van der Waals surface area (Å²) in [7, 11) is 0. The van der Waals surface area contributed by atoms with E-state index < -0.39 is 23.6 Å². The van der Waals surface area contributed by atoms with Crippen LogP contribution < -0.4 is 5.32 Å². The van der Waals surface area contributed by atoms with Gasteiger partial charge in [-0.25, -0.2) is 14.2 Å². The van der Waals surface area contributed by atoms with Crippen LogP contribution in [0.5, 0.6) is 0 Å². The standard InChI is InChI=1S/C31H31F4N5O/c32-26-15-25(31(33,34)35)16-27(17-26)37-30(41)40(20-24-9-5-2-6-10-24)28-11-13-38(14-12-28)21-29-18-36-22-39(29)19-23-7-3-1-4-8-23/h1-10,15-18,22,28H,11-14,19-21H2,(H,37,41). The van der Waals surface area contributed by atoms with Crippen molar-refractivity contribution < 1.29 is 22.4 Å². The highest BCUT2D eigenvalue weighted by atomic mass is 19.4. The predicted octanol–water partition coefficient (Wildman–Crippen LogP) is 6.79. The van der Waals surface area contributed by atoms with Crippen molar-refractivity contribution in [2.75, 3.05) is 18.4 Å². The maximum Gasteiger partial charge on any atom is 0.416 e. The zero-order chi connectivity index (χ0) is 28.8. The van der Waals surface area contributed by atoms with Gasteiger partial charge in [0.05, 0.1) is 17.6 Å². The first-order chi connectivity index (χ1) is 19.7. The molecule has 10 heteroatoms. The molecule has 1 saturated heterocycles. The lowest BCUT2D eigenvalue weighted by Crippen LogP contribution is -2.48. The van der Waals surface area contributed by atoms with Crippen molar-refractivity contribution in [1.29, 1.82) is 0 Å². The van der Waals surface area contributed by atoms with E-state index in [0.29, 0.717) is 25.5 Å². The van der Waals surface area contributed by atoms with Crippen LogP contribution in [0.3, 0.4) is 0 Å². The monoisotopic (exact) mass is 565 g/mol. The number of likely N-dealkylation sites (tertiary alicyclic amines) is 1. The van der Waals surface area contributed by atoms with Crippen LogP contribution in [0.25, 0.3) is 0 Å². The molecule has 0 unspecified atom stereocenters. The number of hydrogen-bond donors (Lipinski definition) is 1. The maximum absolute atomic E-state index is 14.0. The molecule has 4 aromatic rings. The molecule has 1 fully saturated rings. The van der Waals surface area contributed by atoms with E-state index >= 15 is 0 Å². The lowest BCUT2D eigenvalue weighted by atomic mass is 10.0. The van der Waals surface area contributed by atoms with Crippen LogP contribution >= 0.6 is 0 Å². The number of urea groups is 1. The number of aromatic nitrogens is 2. The number of hydrogen-bond acceptors (Lipinski definition) is 3. The molecule has 5 rings (SSSR count). The lowest BCUT2D eigenvalue weighted by molar-refractivity contribution is -0.137. The number of alkyl halides is 3. The van der Waals surface area contributed by atoms with Gasteiger partial charge in [0.1, 0.15) is 5.82 Å². The van der Waals surface area contributed by atoms with E-state index in [1.807, 2.05) is 61.1 Å². The summed E-state index contributed by atoms with van der Waals surface area (Å²) in [5.74, 6) is -1.07. The van der Waals surface area contributed by atoms with Crippen molar-refractivity contribution in [2.45, 2.75) is 44.7 Å². The van der Waals surface area contributed by atoms with Crippen LogP contribution in [0, 0.1) is 5.82 Å². The zero-order valence-electron chi connectivity index (χ0n) is 22.4. The minimum absolute atomic E-state index is 0.142. The molecule has 0 bridgehead atoms. The summed E-state index contributed by atoms with van der Waals surface area (Å²) < 4.78 is 55.8. The summed E-state index contributed by atoms with van der Waals surface area (Å²) in [5, 5.41) is 2.51. The van der Waals surface area contributed by atoms with Gasteiger partial charge < -0.3 is 14.8 Å². The Kier molecular flexibility index (Phi) is 8.68. The van der Waals surface area contributed by atoms with Crippen LogP contribution in [-0.4, -0.2) is 44.5 Å². The second kappa shape index (κ2) is 12.6. The highest BCUT2D eigenvalue weighted by Crippen LogP contribution is 2.32. The largest absolute Gasteiger partial charge is 0.416 e. The molecule has 0 saturated carbocycles. The summed E-state index contributed by atoms with van der Waals surface area (Å²) in [6.07, 6.45) is 0.346. The van der Waals surface area contributed by atoms with E-state index in [-0.39, 0.29) is 18.3 Å². The van der Waals surface area contributed by atoms with Gasteiger partial charge >= 0.3 is 12.2 Å². The number of anilines is 1. The maximum atomic E-state index is 14.0. The van der Waals surface area contributed by atoms with Crippen molar-refractivity contribution in [2.24, 2.45) is 0 Å². The summed E-state index contributed by atoms with van der Waals surface area (Å²) in [6, 6.07) is 20.9. The Morgan fingerprint density at radius 2 is 1.59 bits per heavy atom. The number of imidazole rings is 1. The highest BCUT2D eigenvalue weighted by molar-refractivity contribution is 5.89. The number of halogens is 4. The molecule has 0 aliphatic carbocycles. The molecule has 1 aromatic heterocycles. The number of piperidine rings is 1. The fourth-order valence-corrected chi connectivity index (χ4v) is 5.19. The Morgan fingerprint density at radius 1 is 0.927 bits per heavy atom. The number of rotatable bonds is 8. The van der Waals surface area contributed by atoms with Gasteiger partial charge in [0.2, 0.25) is 0 Å². The van der Waals surface area contributed by atoms with Gasteiger partial charge in [0, 0.05) is 50.6 Å².